The van der Waals surface area contributed by atoms with Crippen LogP contribution in [-0.2, 0) is 31.9 Å². The molecule has 0 saturated heterocycles. The molecule has 0 radical (unpaired) electrons. The van der Waals surface area contributed by atoms with Gasteiger partial charge in [0.1, 0.15) is 5.82 Å². The van der Waals surface area contributed by atoms with Gasteiger partial charge in [-0.1, -0.05) is 143 Å². The predicted molar refractivity (Wildman–Crippen MR) is 247 cm³/mol. The van der Waals surface area contributed by atoms with Crippen LogP contribution in [0.1, 0.15) is 92.7 Å². The maximum absolute atomic E-state index is 9.53. The molecular weight excluding hydrogens is 914 g/mol. The van der Waals surface area contributed by atoms with Crippen LogP contribution in [0, 0.1) is 40.7 Å². The molecule has 2 heterocycles. The maximum atomic E-state index is 9.53. The third-order valence-corrected chi connectivity index (χ3v) is 10.5. The Kier molecular flexibility index (Phi) is 7.91. The van der Waals surface area contributed by atoms with E-state index in [1.807, 2.05) is 87.7 Å². The molecular formula is C55H53N3OPt. The molecule has 0 aliphatic rings. The summed E-state index contributed by atoms with van der Waals surface area (Å²) in [5, 5.41) is 0. The van der Waals surface area contributed by atoms with E-state index in [9.17, 15) is 1.37 Å². The Morgan fingerprint density at radius 2 is 1.38 bits per heavy atom. The van der Waals surface area contributed by atoms with E-state index in [1.165, 1.54) is 0 Å². The van der Waals surface area contributed by atoms with E-state index in [1.54, 1.807) is 24.3 Å². The van der Waals surface area contributed by atoms with E-state index in [0.717, 1.165) is 27.8 Å². The molecule has 8 aromatic rings. The minimum absolute atomic E-state index is 0. The van der Waals surface area contributed by atoms with Crippen molar-refractivity contribution in [2.24, 2.45) is 0 Å². The van der Waals surface area contributed by atoms with Crippen molar-refractivity contribution in [2.75, 3.05) is 0 Å². The van der Waals surface area contributed by atoms with Gasteiger partial charge in [0, 0.05) is 25.7 Å². The van der Waals surface area contributed by atoms with Gasteiger partial charge in [0.05, 0.1) is 37.6 Å². The summed E-state index contributed by atoms with van der Waals surface area (Å²) in [4.78, 5) is 9.83. The van der Waals surface area contributed by atoms with Gasteiger partial charge in [-0.2, -0.15) is 7.11 Å². The van der Waals surface area contributed by atoms with E-state index in [0.29, 0.717) is 50.5 Å². The quantitative estimate of drug-likeness (QED) is 0.149. The molecule has 5 heteroatoms. The first-order valence-electron chi connectivity index (χ1n) is 25.9. The van der Waals surface area contributed by atoms with Crippen LogP contribution in [0.2, 0.25) is 0 Å². The van der Waals surface area contributed by atoms with Crippen molar-refractivity contribution in [3.8, 4) is 67.5 Å². The van der Waals surface area contributed by atoms with Gasteiger partial charge < -0.3 is 4.74 Å². The van der Waals surface area contributed by atoms with Crippen LogP contribution in [0.4, 0.5) is 0 Å². The molecule has 0 unspecified atom stereocenters. The molecule has 304 valence electrons. The molecule has 4 nitrogen and oxygen atoms in total. The van der Waals surface area contributed by atoms with Gasteiger partial charge in [-0.05, 0) is 102 Å². The van der Waals surface area contributed by atoms with Gasteiger partial charge in [0.15, 0.2) is 0 Å². The van der Waals surface area contributed by atoms with Crippen LogP contribution in [0.3, 0.4) is 0 Å². The third kappa shape index (κ3) is 8.28. The molecule has 8 rings (SSSR count). The van der Waals surface area contributed by atoms with Crippen LogP contribution in [-0.4, -0.2) is 14.5 Å². The second-order valence-electron chi connectivity index (χ2n) is 17.0. The molecule has 0 aliphatic heterocycles. The number of fused-ring (bicyclic) bond motifs is 1. The van der Waals surface area contributed by atoms with Crippen molar-refractivity contribution >= 4 is 11.0 Å². The van der Waals surface area contributed by atoms with Crippen molar-refractivity contribution in [1.29, 1.82) is 0 Å². The van der Waals surface area contributed by atoms with E-state index >= 15 is 0 Å². The molecule has 0 saturated carbocycles. The fraction of sp³-hybridized carbons (Fsp3) is 0.218. The monoisotopic (exact) mass is 979 g/mol. The Bertz CT molecular complexity index is 3460. The number of hydrogen-bond acceptors (Lipinski definition) is 3. The summed E-state index contributed by atoms with van der Waals surface area (Å²) >= 11 is 0. The number of aryl methyl sites for hydroxylation is 3. The first-order chi connectivity index (χ1) is 33.4. The summed E-state index contributed by atoms with van der Waals surface area (Å²) < 4.78 is 119. The van der Waals surface area contributed by atoms with Crippen molar-refractivity contribution in [1.82, 2.24) is 14.5 Å². The number of hydrogen-bond donors (Lipinski definition) is 0. The van der Waals surface area contributed by atoms with Crippen molar-refractivity contribution in [3.05, 3.63) is 174 Å². The smallest absolute Gasteiger partial charge is 0.665 e. The van der Waals surface area contributed by atoms with Crippen molar-refractivity contribution < 1.29 is 43.6 Å². The van der Waals surface area contributed by atoms with Crippen LogP contribution >= 0.6 is 0 Å². The minimum atomic E-state index is -2.98. The van der Waals surface area contributed by atoms with Crippen LogP contribution in [0.5, 0.6) is 5.75 Å². The first kappa shape index (κ1) is 28.8. The van der Waals surface area contributed by atoms with E-state index in [-0.39, 0.29) is 43.3 Å². The normalized spacial score (nSPS) is 15.3. The number of ether oxygens (including phenoxy) is 1. The Balaban J connectivity index is 0.00000780. The summed E-state index contributed by atoms with van der Waals surface area (Å²) in [6.07, 6.45) is -0.611. The number of benzene rings is 6. The summed E-state index contributed by atoms with van der Waals surface area (Å²) in [7, 11) is 3.82. The van der Waals surface area contributed by atoms with Gasteiger partial charge in [0.25, 0.3) is 0 Å². The third-order valence-electron chi connectivity index (χ3n) is 10.5. The standard InChI is InChI=1S/C55H53N3O.Pt/c1-34-15-18-38(19-16-34)40-25-26-56-48(33-40)42-30-41(31-44(32-42)55(8,9)10)45-13-12-14-50-51(45)57-53(47-29-36(3)27-37(4)52(47)59-11)58(50)49-24-17-35(2)28-46(49)39-20-22-43(23-21-39)54(5,6)7;/h12-29,31-33H,11H2,1-10H3;/q-2;+2/i1D3,2D3,15D,16D,18D,19D,25D,26D,33D;. The minimum Gasteiger partial charge on any atom is -0.665 e. The van der Waals surface area contributed by atoms with Crippen LogP contribution in [0.15, 0.2) is 127 Å². The molecule has 2 aromatic heterocycles. The Labute approximate surface area is 389 Å². The van der Waals surface area contributed by atoms with Crippen LogP contribution < -0.4 is 4.74 Å². The summed E-state index contributed by atoms with van der Waals surface area (Å²) in [5.74, 6) is 0.958. The zero-order chi connectivity index (χ0) is 52.9. The number of rotatable bonds is 7. The molecule has 0 fully saturated rings. The van der Waals surface area contributed by atoms with Gasteiger partial charge in [-0.3, -0.25) is 9.55 Å². The van der Waals surface area contributed by atoms with Gasteiger partial charge in [-0.15, -0.1) is 29.3 Å². The van der Waals surface area contributed by atoms with E-state index in [2.05, 4.69) is 51.1 Å². The summed E-state index contributed by atoms with van der Waals surface area (Å²) in [6, 6.07) is 25.7. The number of imidazole rings is 1. The summed E-state index contributed by atoms with van der Waals surface area (Å²) in [6.45, 7) is 10.9. The first-order valence-corrected chi connectivity index (χ1v) is 19.4. The van der Waals surface area contributed by atoms with E-state index < -0.39 is 78.2 Å². The zero-order valence-corrected chi connectivity index (χ0v) is 37.1. The zero-order valence-electron chi connectivity index (χ0n) is 47.9. The molecule has 0 atom stereocenters. The molecule has 6 aromatic carbocycles. The SMILES string of the molecule is [2H]c1nc(-c2[c-]c(-c3cccc4c3nc(-c3cc(C)cc(C)c3O[CH2-])n4-c3ccc(C([2H])([2H])[2H])cc3-c3ccc(C(C)(C)C)cc3)cc(C(C)(C)C)c2)c([2H])c(-c2c([2H])c([2H])c(C([2H])([2H])[2H])c([2H])c2[2H])c1[2H].[Pt+2]. The predicted octanol–water partition coefficient (Wildman–Crippen LogP) is 14.6. The molecule has 0 spiro atoms. The maximum Gasteiger partial charge on any atom is 2.00 e. The van der Waals surface area contributed by atoms with Gasteiger partial charge >= 0.3 is 21.1 Å². The Morgan fingerprint density at radius 3 is 2.07 bits per heavy atom. The molecule has 0 N–H and O–H groups in total. The fourth-order valence-electron chi connectivity index (χ4n) is 7.45. The molecule has 60 heavy (non-hydrogen) atoms. The van der Waals surface area contributed by atoms with Gasteiger partial charge in [0.2, 0.25) is 0 Å². The van der Waals surface area contributed by atoms with Gasteiger partial charge in [-0.25, -0.2) is 4.98 Å². The van der Waals surface area contributed by atoms with Crippen LogP contribution in [0.25, 0.3) is 72.7 Å². The molecule has 0 bridgehead atoms. The number of para-hydroxylation sites is 1. The van der Waals surface area contributed by atoms with Crippen molar-refractivity contribution in [2.45, 2.75) is 79.9 Å². The number of aromatic nitrogens is 3. The molecule has 0 amide bonds. The summed E-state index contributed by atoms with van der Waals surface area (Å²) in [5.41, 5.74) is 6.48. The second-order valence-corrected chi connectivity index (χ2v) is 17.0. The number of nitrogens with zero attached hydrogens (tertiary/aromatic N) is 3. The largest absolute Gasteiger partial charge is 2.00 e. The number of pyridine rings is 1. The topological polar surface area (TPSA) is 39.9 Å². The van der Waals surface area contributed by atoms with E-state index in [4.69, 9.17) is 26.2 Å². The fourth-order valence-corrected chi connectivity index (χ4v) is 7.45. The Morgan fingerprint density at radius 1 is 0.683 bits per heavy atom. The average Bonchev–Trinajstić information content (AvgIpc) is 3.68. The van der Waals surface area contributed by atoms with Crippen molar-refractivity contribution in [3.63, 3.8) is 0 Å². The molecule has 0 aliphatic carbocycles. The average molecular weight is 980 g/mol. The second kappa shape index (κ2) is 16.5. The Hall–Kier alpha value is -5.57.